The molecule has 26 nitrogen and oxygen atoms in total. The highest BCUT2D eigenvalue weighted by Crippen LogP contribution is 2.70. The van der Waals surface area contributed by atoms with Crippen LogP contribution in [0.1, 0.15) is 109 Å². The number of nitrogens with zero attached hydrogens (tertiary/aromatic N) is 1. The van der Waals surface area contributed by atoms with Crippen LogP contribution in [-0.2, 0) is 60.2 Å². The maximum absolute atomic E-state index is 12.8. The number of aliphatic hydroxyl groups excluding tert-OH is 3. The van der Waals surface area contributed by atoms with E-state index < -0.39 is 89.3 Å². The topological polar surface area (TPSA) is 395 Å². The molecule has 0 spiro atoms. The van der Waals surface area contributed by atoms with Crippen LogP contribution < -0.4 is 21.9 Å². The van der Waals surface area contributed by atoms with E-state index in [9.17, 15) is 67.8 Å². The van der Waals surface area contributed by atoms with Crippen LogP contribution in [0.2, 0.25) is 0 Å². The number of ether oxygens (including phenoxy) is 3. The molecule has 10 N–H and O–H groups in total. The van der Waals surface area contributed by atoms with Gasteiger partial charge in [-0.2, -0.15) is 0 Å². The van der Waals surface area contributed by atoms with Crippen LogP contribution in [0.3, 0.4) is 0 Å². The highest BCUT2D eigenvalue weighted by molar-refractivity contribution is 7.61. The Labute approximate surface area is 425 Å². The number of fused-ring (bicyclic) bond motifs is 5. The molecule has 0 aromatic carbocycles. The summed E-state index contributed by atoms with van der Waals surface area (Å²) in [6.45, 7) is 3.55. The fraction of sp³-hybridized carbons (Fsp3) is 0.733. The summed E-state index contributed by atoms with van der Waals surface area (Å²) in [5.74, 6) is -1.14. The van der Waals surface area contributed by atoms with Gasteiger partial charge in [0.25, 0.3) is 5.56 Å². The number of hydrogen-bond acceptors (Lipinski definition) is 19. The van der Waals surface area contributed by atoms with Crippen molar-refractivity contribution in [2.75, 3.05) is 32.9 Å². The zero-order chi connectivity index (χ0) is 54.0. The highest BCUT2D eigenvalue weighted by atomic mass is 31.3. The van der Waals surface area contributed by atoms with Crippen molar-refractivity contribution in [1.29, 1.82) is 0 Å². The minimum Gasteiger partial charge on any atom is -0.458 e. The van der Waals surface area contributed by atoms with Crippen LogP contribution in [0.5, 0.6) is 0 Å². The average molecular weight is 1110 g/mol. The van der Waals surface area contributed by atoms with Gasteiger partial charge in [0.15, 0.2) is 12.0 Å². The molecule has 0 bridgehead atoms. The zero-order valence-corrected chi connectivity index (χ0v) is 43.5. The summed E-state index contributed by atoms with van der Waals surface area (Å²) in [7, 11) is -14.5. The molecule has 0 radical (unpaired) electrons. The molecular formula is C45H66N4O22P3+. The second-order valence-electron chi connectivity index (χ2n) is 20.6. The molecule has 6 aliphatic rings. The van der Waals surface area contributed by atoms with E-state index in [1.165, 1.54) is 18.2 Å². The molecule has 5 fully saturated rings. The van der Waals surface area contributed by atoms with Gasteiger partial charge >= 0.3 is 35.6 Å². The lowest BCUT2D eigenvalue weighted by atomic mass is 9.42. The van der Waals surface area contributed by atoms with Gasteiger partial charge in [-0.3, -0.25) is 38.1 Å². The number of ketones is 1. The van der Waals surface area contributed by atoms with Crippen molar-refractivity contribution in [3.8, 4) is 0 Å². The molecule has 29 heteroatoms. The molecule has 1 aromatic heterocycles. The summed E-state index contributed by atoms with van der Waals surface area (Å²) in [4.78, 5) is 104. The van der Waals surface area contributed by atoms with Crippen LogP contribution >= 0.6 is 23.9 Å². The summed E-state index contributed by atoms with van der Waals surface area (Å²) < 4.78 is 63.8. The third-order valence-corrected chi connectivity index (χ3v) is 19.6. The average Bonchev–Trinajstić information content (AvgIpc) is 3.96. The Kier molecular flexibility index (Phi) is 18.4. The van der Waals surface area contributed by atoms with E-state index in [1.807, 2.05) is 11.9 Å². The number of Topliss-reactive ketones (excluding diaryl/α,β-unsaturated/α-hetero) is 1. The van der Waals surface area contributed by atoms with E-state index >= 15 is 0 Å². The quantitative estimate of drug-likeness (QED) is 0.0321. The van der Waals surface area contributed by atoms with Crippen molar-refractivity contribution in [3.63, 3.8) is 0 Å². The highest BCUT2D eigenvalue weighted by Gasteiger charge is 2.71. The number of carbonyl (C=O) groups excluding carboxylic acids is 4. The molecule has 7 rings (SSSR count). The van der Waals surface area contributed by atoms with Crippen LogP contribution in [0.4, 0.5) is 0 Å². The van der Waals surface area contributed by atoms with Crippen LogP contribution in [0.15, 0.2) is 33.5 Å². The minimum absolute atomic E-state index is 0.0211. The number of cyclic esters (lactones) is 1. The fourth-order valence-corrected chi connectivity index (χ4v) is 14.8. The molecular weight excluding hydrogens is 1040 g/mol. The van der Waals surface area contributed by atoms with Gasteiger partial charge in [0.1, 0.15) is 31.5 Å². The summed E-state index contributed by atoms with van der Waals surface area (Å²) in [6, 6.07) is 0. The van der Waals surface area contributed by atoms with Crippen LogP contribution in [-0.4, -0.2) is 137 Å². The molecule has 4 aliphatic carbocycles. The molecule has 74 heavy (non-hydrogen) atoms. The van der Waals surface area contributed by atoms with Gasteiger partial charge in [0, 0.05) is 41.8 Å². The maximum atomic E-state index is 12.8. The van der Waals surface area contributed by atoms with Crippen LogP contribution in [0, 0.1) is 34.5 Å². The number of hydrogen-bond donors (Lipinski definition) is 10. The van der Waals surface area contributed by atoms with E-state index in [2.05, 4.69) is 30.7 Å². The van der Waals surface area contributed by atoms with Crippen molar-refractivity contribution >= 4 is 53.5 Å². The second kappa shape index (κ2) is 23.5. The SMILES string of the molecule is C[C@]12CC[C@H](OCC(=O)CC(=O)NCCCCCC(=O)NC/C=C/c3cn([C@@H]4O[C@H](COP(=O)(O)O[P+](=O)OP(=O)(O)O)[C@@H](O)[C@H]4O)c(=O)[nH]c3=O)C[C@H]1CC[C@@H]1[C@@H]2C[C@@H](O)[C@]2(C)[C@@H](C3=CC(=O)OC3)CC[C@]12O. The first-order chi connectivity index (χ1) is 34.7. The number of H-pyrrole nitrogens is 1. The number of aromatic amines is 1. The van der Waals surface area contributed by atoms with Gasteiger partial charge in [0.05, 0.1) is 36.4 Å². The predicted octanol–water partition coefficient (Wildman–Crippen LogP) is 1.43. The molecule has 2 unspecified atom stereocenters. The normalized spacial score (nSPS) is 34.7. The van der Waals surface area contributed by atoms with Crippen LogP contribution in [0.25, 0.3) is 6.08 Å². The summed E-state index contributed by atoms with van der Waals surface area (Å²) >= 11 is 0. The third kappa shape index (κ3) is 13.0. The lowest BCUT2D eigenvalue weighted by Crippen LogP contribution is -2.67. The number of rotatable bonds is 23. The standard InChI is InChI=1S/C45H65N4O22P3/c1-43-13-11-29(18-27(43)9-10-31-32(43)20-34(51)44(2)30(12-14-45(31,44)59)26-17-37(54)67-22-26)66-23-28(50)19-36(53)47-15-5-3-4-8-35(52)46-16-6-7-25-21-49(42(58)48-40(25)57)41-39(56)38(55)33(69-41)24-68-74(64,65)71-72(60)70-73(61,62)63/h6-7,17,21,27,29-34,38-39,41,51,55-56,59H,3-5,8-16,18-20,22-24H2,1-2H3,(H5-,46,47,48,52,53,57,58,61,62,63,64,65)/p+1/b7-6+/t27-,29+,30-,31-,32+,33-,34-,38-,39-,41-,43+,44+,45+/m1/s1. The zero-order valence-electron chi connectivity index (χ0n) is 40.9. The lowest BCUT2D eigenvalue weighted by molar-refractivity contribution is -0.245. The third-order valence-electron chi connectivity index (χ3n) is 16.3. The Bertz CT molecular complexity index is 2590. The molecule has 1 saturated heterocycles. The van der Waals surface area contributed by atoms with Gasteiger partial charge in [-0.05, 0) is 107 Å². The maximum Gasteiger partial charge on any atom is 0.719 e. The molecule has 1 aromatic rings. The minimum atomic E-state index is -5.37. The monoisotopic (exact) mass is 1110 g/mol. The van der Waals surface area contributed by atoms with E-state index in [0.29, 0.717) is 51.0 Å². The first kappa shape index (κ1) is 58.0. The Morgan fingerprint density at radius 2 is 1.70 bits per heavy atom. The van der Waals surface area contributed by atoms with Crippen molar-refractivity contribution in [2.45, 2.75) is 140 Å². The van der Waals surface area contributed by atoms with E-state index in [1.54, 1.807) is 0 Å². The molecule has 2 amide bonds. The van der Waals surface area contributed by atoms with E-state index in [4.69, 9.17) is 24.0 Å². The fourth-order valence-electron chi connectivity index (χ4n) is 12.5. The van der Waals surface area contributed by atoms with Gasteiger partial charge in [0.2, 0.25) is 11.8 Å². The van der Waals surface area contributed by atoms with E-state index in [-0.39, 0.29) is 85.1 Å². The molecule has 2 aliphatic heterocycles. The smallest absolute Gasteiger partial charge is 0.458 e. The molecule has 15 atom stereocenters. The summed E-state index contributed by atoms with van der Waals surface area (Å²) in [5, 5.41) is 50.7. The van der Waals surface area contributed by atoms with Crippen molar-refractivity contribution in [3.05, 3.63) is 50.3 Å². The number of carbonyl (C=O) groups is 4. The Hall–Kier alpha value is -3.68. The lowest BCUT2D eigenvalue weighted by Gasteiger charge is -2.65. The molecule has 3 heterocycles. The number of nitrogens with one attached hydrogen (secondary N) is 3. The number of esters is 1. The summed E-state index contributed by atoms with van der Waals surface area (Å²) in [5.41, 5.74) is -3.16. The number of aliphatic hydroxyl groups is 4. The van der Waals surface area contributed by atoms with Crippen molar-refractivity contribution < 1.29 is 95.3 Å². The number of aromatic nitrogens is 2. The number of phosphoric ester groups is 1. The van der Waals surface area contributed by atoms with Gasteiger partial charge < -0.3 is 55.1 Å². The van der Waals surface area contributed by atoms with Gasteiger partial charge in [-0.25, -0.2) is 18.7 Å². The number of unbranched alkanes of at least 4 members (excludes halogenated alkanes) is 2. The van der Waals surface area contributed by atoms with Crippen molar-refractivity contribution in [2.24, 2.45) is 34.5 Å². The Balaban J connectivity index is 0.759. The van der Waals surface area contributed by atoms with Crippen molar-refractivity contribution in [1.82, 2.24) is 20.2 Å². The number of amides is 2. The summed E-state index contributed by atoms with van der Waals surface area (Å²) in [6.07, 6.45) is 4.62. The Morgan fingerprint density at radius 3 is 2.42 bits per heavy atom. The number of phosphoric acid groups is 2. The first-order valence-electron chi connectivity index (χ1n) is 24.6. The molecule has 412 valence electrons. The van der Waals surface area contributed by atoms with Gasteiger partial charge in [-0.1, -0.05) is 32.4 Å². The van der Waals surface area contributed by atoms with E-state index in [0.717, 1.165) is 48.4 Å². The second-order valence-corrected chi connectivity index (χ2v) is 24.5. The largest absolute Gasteiger partial charge is 0.719 e. The Morgan fingerprint density at radius 1 is 0.946 bits per heavy atom. The van der Waals surface area contributed by atoms with Gasteiger partial charge in [-0.15, -0.1) is 0 Å². The predicted molar refractivity (Wildman–Crippen MR) is 255 cm³/mol. The molecule has 4 saturated carbocycles. The first-order valence-corrected chi connectivity index (χ1v) is 28.7.